The molecule has 0 radical (unpaired) electrons. The fourth-order valence-corrected chi connectivity index (χ4v) is 1.74. The maximum Gasteiger partial charge on any atom is 0.0481 e. The normalized spacial score (nSPS) is 19.1. The minimum atomic E-state index is 0.844. The molecule has 0 bridgehead atoms. The molecule has 0 spiro atoms. The number of rotatable bonds is 6. The summed E-state index contributed by atoms with van der Waals surface area (Å²) in [5.74, 6) is 0.844. The van der Waals surface area contributed by atoms with Gasteiger partial charge in [-0.1, -0.05) is 13.8 Å². The summed E-state index contributed by atoms with van der Waals surface area (Å²) in [6, 6.07) is 0. The van der Waals surface area contributed by atoms with Crippen molar-refractivity contribution in [3.8, 4) is 0 Å². The number of nitrogens with one attached hydrogen (secondary N) is 2. The zero-order valence-corrected chi connectivity index (χ0v) is 9.68. The van der Waals surface area contributed by atoms with Crippen LogP contribution < -0.4 is 10.6 Å². The molecule has 0 unspecified atom stereocenters. The van der Waals surface area contributed by atoms with E-state index in [9.17, 15) is 0 Å². The lowest BCUT2D eigenvalue weighted by molar-refractivity contribution is 0.223. The second-order valence-electron chi connectivity index (χ2n) is 4.56. The average molecular weight is 199 g/mol. The number of nitrogens with zero attached hydrogens (tertiary/aromatic N) is 1. The Morgan fingerprint density at radius 3 is 2.64 bits per heavy atom. The van der Waals surface area contributed by atoms with E-state index in [1.54, 1.807) is 0 Å². The molecule has 3 nitrogen and oxygen atoms in total. The molecular weight excluding hydrogens is 174 g/mol. The van der Waals surface area contributed by atoms with Crippen molar-refractivity contribution in [2.75, 3.05) is 39.4 Å². The van der Waals surface area contributed by atoms with Gasteiger partial charge in [-0.2, -0.15) is 0 Å². The second-order valence-corrected chi connectivity index (χ2v) is 4.56. The van der Waals surface area contributed by atoms with E-state index in [1.165, 1.54) is 32.5 Å². The van der Waals surface area contributed by atoms with Gasteiger partial charge in [-0.25, -0.2) is 0 Å². The van der Waals surface area contributed by atoms with Gasteiger partial charge in [-0.05, 0) is 25.3 Å². The molecule has 0 atom stereocenters. The summed E-state index contributed by atoms with van der Waals surface area (Å²) in [5.41, 5.74) is 0. The van der Waals surface area contributed by atoms with Crippen LogP contribution in [-0.2, 0) is 0 Å². The number of hydrogen-bond acceptors (Lipinski definition) is 3. The van der Waals surface area contributed by atoms with Gasteiger partial charge in [0.25, 0.3) is 0 Å². The van der Waals surface area contributed by atoms with Crippen molar-refractivity contribution in [1.82, 2.24) is 15.5 Å². The highest BCUT2D eigenvalue weighted by Gasteiger charge is 2.07. The Hall–Kier alpha value is -0.120. The molecule has 84 valence electrons. The third-order valence-corrected chi connectivity index (χ3v) is 2.68. The monoisotopic (exact) mass is 199 g/mol. The van der Waals surface area contributed by atoms with Gasteiger partial charge < -0.3 is 10.6 Å². The predicted molar refractivity (Wildman–Crippen MR) is 61.4 cm³/mol. The van der Waals surface area contributed by atoms with E-state index in [1.807, 2.05) is 0 Å². The molecule has 0 amide bonds. The minimum absolute atomic E-state index is 0.844. The van der Waals surface area contributed by atoms with Gasteiger partial charge in [-0.3, -0.25) is 4.90 Å². The van der Waals surface area contributed by atoms with Crippen molar-refractivity contribution in [1.29, 1.82) is 0 Å². The average Bonchev–Trinajstić information content (AvgIpc) is 2.18. The smallest absolute Gasteiger partial charge is 0.0481 e. The molecule has 0 aromatic rings. The van der Waals surface area contributed by atoms with Gasteiger partial charge in [0.15, 0.2) is 0 Å². The van der Waals surface area contributed by atoms with E-state index in [0.717, 1.165) is 25.7 Å². The topological polar surface area (TPSA) is 27.3 Å². The number of hydrogen-bond donors (Lipinski definition) is 2. The zero-order valence-electron chi connectivity index (χ0n) is 9.68. The van der Waals surface area contributed by atoms with Crippen LogP contribution in [-0.4, -0.2) is 44.3 Å². The molecule has 1 fully saturated rings. The Morgan fingerprint density at radius 1 is 1.29 bits per heavy atom. The van der Waals surface area contributed by atoms with Gasteiger partial charge in [0.05, 0.1) is 0 Å². The summed E-state index contributed by atoms with van der Waals surface area (Å²) < 4.78 is 0. The first-order valence-electron chi connectivity index (χ1n) is 5.93. The predicted octanol–water partition coefficient (Wildman–Crippen LogP) is 0.875. The van der Waals surface area contributed by atoms with Crippen LogP contribution >= 0.6 is 0 Å². The molecule has 1 aliphatic heterocycles. The van der Waals surface area contributed by atoms with Crippen LogP contribution in [0.4, 0.5) is 0 Å². The molecule has 0 aliphatic carbocycles. The quantitative estimate of drug-likeness (QED) is 0.622. The van der Waals surface area contributed by atoms with Crippen LogP contribution in [0.2, 0.25) is 0 Å². The standard InChI is InChI=1S/C11H25N3/c1-11(2)4-3-5-13-10-14-8-6-12-7-9-14/h11-13H,3-10H2,1-2H3. The Morgan fingerprint density at radius 2 is 2.00 bits per heavy atom. The maximum atomic E-state index is 3.51. The third kappa shape index (κ3) is 5.58. The van der Waals surface area contributed by atoms with E-state index in [-0.39, 0.29) is 0 Å². The van der Waals surface area contributed by atoms with Gasteiger partial charge in [0.1, 0.15) is 0 Å². The van der Waals surface area contributed by atoms with Gasteiger partial charge in [0.2, 0.25) is 0 Å². The van der Waals surface area contributed by atoms with Crippen molar-refractivity contribution in [3.05, 3.63) is 0 Å². The lowest BCUT2D eigenvalue weighted by Crippen LogP contribution is -2.47. The van der Waals surface area contributed by atoms with Crippen LogP contribution in [0, 0.1) is 5.92 Å². The Labute approximate surface area is 88.2 Å². The first-order valence-corrected chi connectivity index (χ1v) is 5.93. The van der Waals surface area contributed by atoms with Gasteiger partial charge in [0, 0.05) is 32.8 Å². The molecule has 1 heterocycles. The van der Waals surface area contributed by atoms with E-state index in [2.05, 4.69) is 29.4 Å². The van der Waals surface area contributed by atoms with Crippen LogP contribution in [0.1, 0.15) is 26.7 Å². The minimum Gasteiger partial charge on any atom is -0.314 e. The van der Waals surface area contributed by atoms with E-state index in [4.69, 9.17) is 0 Å². The SMILES string of the molecule is CC(C)CCCNCN1CCNCC1. The van der Waals surface area contributed by atoms with Crippen molar-refractivity contribution in [2.45, 2.75) is 26.7 Å². The van der Waals surface area contributed by atoms with Crippen molar-refractivity contribution >= 4 is 0 Å². The summed E-state index contributed by atoms with van der Waals surface area (Å²) >= 11 is 0. The molecule has 0 saturated carbocycles. The molecule has 1 aliphatic rings. The molecule has 0 aromatic heterocycles. The van der Waals surface area contributed by atoms with Gasteiger partial charge in [-0.15, -0.1) is 0 Å². The fourth-order valence-electron chi connectivity index (χ4n) is 1.74. The summed E-state index contributed by atoms with van der Waals surface area (Å²) in [6.45, 7) is 11.5. The summed E-state index contributed by atoms with van der Waals surface area (Å²) in [6.07, 6.45) is 2.65. The van der Waals surface area contributed by atoms with E-state index < -0.39 is 0 Å². The molecule has 2 N–H and O–H groups in total. The van der Waals surface area contributed by atoms with Gasteiger partial charge >= 0.3 is 0 Å². The van der Waals surface area contributed by atoms with Crippen LogP contribution in [0.25, 0.3) is 0 Å². The van der Waals surface area contributed by atoms with Crippen molar-refractivity contribution in [2.24, 2.45) is 5.92 Å². The highest BCUT2D eigenvalue weighted by atomic mass is 15.2. The molecule has 14 heavy (non-hydrogen) atoms. The van der Waals surface area contributed by atoms with Crippen LogP contribution in [0.5, 0.6) is 0 Å². The molecule has 1 rings (SSSR count). The Bertz CT molecular complexity index is 130. The lowest BCUT2D eigenvalue weighted by Gasteiger charge is -2.27. The summed E-state index contributed by atoms with van der Waals surface area (Å²) in [7, 11) is 0. The summed E-state index contributed by atoms with van der Waals surface area (Å²) in [5, 5.41) is 6.87. The molecule has 3 heteroatoms. The van der Waals surface area contributed by atoms with Crippen molar-refractivity contribution < 1.29 is 0 Å². The van der Waals surface area contributed by atoms with E-state index in [0.29, 0.717) is 0 Å². The largest absolute Gasteiger partial charge is 0.314 e. The first-order chi connectivity index (χ1) is 6.79. The Balaban J connectivity index is 1.87. The maximum absolute atomic E-state index is 3.51. The highest BCUT2D eigenvalue weighted by molar-refractivity contribution is 4.66. The molecule has 0 aromatic carbocycles. The van der Waals surface area contributed by atoms with Crippen LogP contribution in [0.15, 0.2) is 0 Å². The first kappa shape index (κ1) is 12.0. The van der Waals surface area contributed by atoms with Crippen molar-refractivity contribution in [3.63, 3.8) is 0 Å². The third-order valence-electron chi connectivity index (χ3n) is 2.68. The Kier molecular flexibility index (Phi) is 6.15. The molecule has 1 saturated heterocycles. The lowest BCUT2D eigenvalue weighted by atomic mass is 10.1. The summed E-state index contributed by atoms with van der Waals surface area (Å²) in [4.78, 5) is 2.48. The fraction of sp³-hybridized carbons (Fsp3) is 1.00. The van der Waals surface area contributed by atoms with Crippen LogP contribution in [0.3, 0.4) is 0 Å². The molecular formula is C11H25N3. The highest BCUT2D eigenvalue weighted by Crippen LogP contribution is 2.01. The second kappa shape index (κ2) is 7.21. The number of piperazine rings is 1. The van der Waals surface area contributed by atoms with E-state index >= 15 is 0 Å². The zero-order chi connectivity index (χ0) is 10.2.